The molecule has 126 valence electrons. The van der Waals surface area contributed by atoms with Crippen LogP contribution in [-0.2, 0) is 19.1 Å². The number of carbonyl (C=O) groups is 2. The normalized spacial score (nSPS) is 11.3. The van der Waals surface area contributed by atoms with Crippen LogP contribution < -0.4 is 11.5 Å². The van der Waals surface area contributed by atoms with Crippen molar-refractivity contribution in [1.82, 2.24) is 0 Å². The molecule has 0 aliphatic heterocycles. The molecule has 0 aliphatic carbocycles. The second-order valence-corrected chi connectivity index (χ2v) is 4.53. The van der Waals surface area contributed by atoms with Gasteiger partial charge in [0.2, 0.25) is 0 Å². The van der Waals surface area contributed by atoms with Gasteiger partial charge in [0.05, 0.1) is 13.2 Å². The number of hydrogen-bond donors (Lipinski definition) is 2. The Bertz CT molecular complexity index is 332. The molecule has 0 spiro atoms. The minimum absolute atomic E-state index is 0.270. The maximum atomic E-state index is 11.0. The molecule has 6 nitrogen and oxygen atoms in total. The highest BCUT2D eigenvalue weighted by atomic mass is 16.5. The molecule has 0 saturated carbocycles. The van der Waals surface area contributed by atoms with Crippen molar-refractivity contribution in [3.05, 3.63) is 37.4 Å². The van der Waals surface area contributed by atoms with Crippen molar-refractivity contribution in [2.24, 2.45) is 11.5 Å². The number of carbonyl (C=O) groups excluding carboxylic acids is 2. The highest BCUT2D eigenvalue weighted by Crippen LogP contribution is 1.95. The van der Waals surface area contributed by atoms with Crippen LogP contribution in [-0.4, -0.2) is 25.2 Å². The van der Waals surface area contributed by atoms with E-state index in [1.807, 2.05) is 0 Å². The largest absolute Gasteiger partial charge is 0.462 e. The Balaban J connectivity index is 0. The fourth-order valence-electron chi connectivity index (χ4n) is 1.00. The van der Waals surface area contributed by atoms with E-state index < -0.39 is 11.9 Å². The third-order valence-electron chi connectivity index (χ3n) is 1.97. The summed E-state index contributed by atoms with van der Waals surface area (Å²) in [6.45, 7) is 10.8. The van der Waals surface area contributed by atoms with Crippen molar-refractivity contribution in [3.8, 4) is 0 Å². The molecule has 0 amide bonds. The molecule has 2 radical (unpaired) electrons. The Hall–Kier alpha value is -1.98. The summed E-state index contributed by atoms with van der Waals surface area (Å²) in [4.78, 5) is 22.1. The van der Waals surface area contributed by atoms with Gasteiger partial charge in [0.1, 0.15) is 0 Å². The molecule has 4 N–H and O–H groups in total. The van der Waals surface area contributed by atoms with E-state index in [9.17, 15) is 9.59 Å². The molecular weight excluding hydrogens is 284 g/mol. The standard InChI is InChI=1S/C12H20N2O4.C4H8/c1-9(13)7-11(15)17-5-3-4-6-18-12(16)8-10(2)14;1-3-4-2/h7-8H,3-6,13-14H2,1-2H3;1-4H2/b9-7-,10-8-;. The van der Waals surface area contributed by atoms with Crippen LogP contribution in [0.3, 0.4) is 0 Å². The zero-order valence-corrected chi connectivity index (χ0v) is 13.6. The van der Waals surface area contributed by atoms with Crippen LogP contribution in [0.2, 0.25) is 0 Å². The van der Waals surface area contributed by atoms with E-state index in [2.05, 4.69) is 13.8 Å². The van der Waals surface area contributed by atoms with Crippen LogP contribution in [0.15, 0.2) is 23.5 Å². The van der Waals surface area contributed by atoms with Crippen LogP contribution in [0, 0.1) is 13.8 Å². The topological polar surface area (TPSA) is 105 Å². The molecule has 0 atom stereocenters. The molecule has 0 saturated heterocycles. The van der Waals surface area contributed by atoms with Gasteiger partial charge in [0, 0.05) is 23.5 Å². The van der Waals surface area contributed by atoms with Gasteiger partial charge in [-0.05, 0) is 26.7 Å². The average molecular weight is 312 g/mol. The van der Waals surface area contributed by atoms with E-state index >= 15 is 0 Å². The number of nitrogens with two attached hydrogens (primary N) is 2. The van der Waals surface area contributed by atoms with Crippen molar-refractivity contribution < 1.29 is 19.1 Å². The Morgan fingerprint density at radius 2 is 1.18 bits per heavy atom. The first-order valence-electron chi connectivity index (χ1n) is 7.13. The van der Waals surface area contributed by atoms with Gasteiger partial charge < -0.3 is 20.9 Å². The monoisotopic (exact) mass is 312 g/mol. The van der Waals surface area contributed by atoms with Gasteiger partial charge in [-0.15, -0.1) is 0 Å². The van der Waals surface area contributed by atoms with Crippen LogP contribution in [0.25, 0.3) is 0 Å². The summed E-state index contributed by atoms with van der Waals surface area (Å²) in [5.74, 6) is -0.928. The van der Waals surface area contributed by atoms with Gasteiger partial charge in [0.25, 0.3) is 0 Å². The van der Waals surface area contributed by atoms with E-state index in [0.29, 0.717) is 24.2 Å². The minimum atomic E-state index is -0.464. The van der Waals surface area contributed by atoms with Crippen molar-refractivity contribution in [1.29, 1.82) is 0 Å². The third-order valence-corrected chi connectivity index (χ3v) is 1.97. The highest BCUT2D eigenvalue weighted by molar-refractivity contribution is 5.82. The number of allylic oxidation sites excluding steroid dienone is 2. The van der Waals surface area contributed by atoms with Crippen LogP contribution >= 0.6 is 0 Å². The summed E-state index contributed by atoms with van der Waals surface area (Å²) in [6, 6.07) is 0. The van der Waals surface area contributed by atoms with Crippen molar-refractivity contribution in [3.63, 3.8) is 0 Å². The first kappa shape index (κ1) is 22.3. The number of ether oxygens (including phenoxy) is 2. The van der Waals surface area contributed by atoms with Gasteiger partial charge in [-0.1, -0.05) is 26.7 Å². The molecule has 0 aromatic heterocycles. The van der Waals surface area contributed by atoms with Crippen LogP contribution in [0.5, 0.6) is 0 Å². The zero-order valence-electron chi connectivity index (χ0n) is 13.6. The first-order valence-corrected chi connectivity index (χ1v) is 7.13. The maximum Gasteiger partial charge on any atom is 0.332 e. The molecule has 6 heteroatoms. The van der Waals surface area contributed by atoms with Gasteiger partial charge in [0.15, 0.2) is 0 Å². The average Bonchev–Trinajstić information content (AvgIpc) is 2.41. The lowest BCUT2D eigenvalue weighted by atomic mass is 10.3. The summed E-state index contributed by atoms with van der Waals surface area (Å²) in [5, 5.41) is 0. The Kier molecular flexibility index (Phi) is 15.6. The lowest BCUT2D eigenvalue weighted by molar-refractivity contribution is -0.140. The summed E-state index contributed by atoms with van der Waals surface area (Å²) in [7, 11) is 0. The number of unbranched alkanes of at least 4 members (excludes halogenated alkanes) is 2. The van der Waals surface area contributed by atoms with Gasteiger partial charge >= 0.3 is 11.9 Å². The lowest BCUT2D eigenvalue weighted by Gasteiger charge is -2.03. The van der Waals surface area contributed by atoms with Gasteiger partial charge in [-0.2, -0.15) is 0 Å². The molecule has 0 aromatic carbocycles. The second kappa shape index (κ2) is 15.4. The van der Waals surface area contributed by atoms with E-state index in [0.717, 1.165) is 12.8 Å². The van der Waals surface area contributed by atoms with Gasteiger partial charge in [-0.25, -0.2) is 9.59 Å². The first-order chi connectivity index (χ1) is 10.3. The number of esters is 2. The summed E-state index contributed by atoms with van der Waals surface area (Å²) in [5.41, 5.74) is 11.4. The SMILES string of the molecule is C/C(N)=C/C(=O)OCCCCOC(=O)/C=C(/C)N.[CH2]CC[CH2]. The maximum absolute atomic E-state index is 11.0. The Morgan fingerprint density at radius 3 is 1.41 bits per heavy atom. The summed E-state index contributed by atoms with van der Waals surface area (Å²) < 4.78 is 9.71. The van der Waals surface area contributed by atoms with Crippen molar-refractivity contribution in [2.75, 3.05) is 13.2 Å². The van der Waals surface area contributed by atoms with Crippen LogP contribution in [0.1, 0.15) is 39.5 Å². The van der Waals surface area contributed by atoms with Gasteiger partial charge in [-0.3, -0.25) is 0 Å². The predicted octanol–water partition coefficient (Wildman–Crippen LogP) is 2.01. The van der Waals surface area contributed by atoms with Crippen LogP contribution in [0.4, 0.5) is 0 Å². The molecule has 0 fully saturated rings. The Morgan fingerprint density at radius 1 is 0.864 bits per heavy atom. The van der Waals surface area contributed by atoms with Crippen molar-refractivity contribution >= 4 is 11.9 Å². The van der Waals surface area contributed by atoms with E-state index in [1.54, 1.807) is 13.8 Å². The number of rotatable bonds is 8. The molecule has 0 unspecified atom stereocenters. The molecule has 0 rings (SSSR count). The summed E-state index contributed by atoms with van der Waals surface area (Å²) >= 11 is 0. The molecule has 0 heterocycles. The van der Waals surface area contributed by atoms with E-state index in [4.69, 9.17) is 20.9 Å². The second-order valence-electron chi connectivity index (χ2n) is 4.53. The zero-order chi connectivity index (χ0) is 17.4. The fraction of sp³-hybridized carbons (Fsp3) is 0.500. The molecule has 0 aromatic rings. The van der Waals surface area contributed by atoms with Crippen molar-refractivity contribution in [2.45, 2.75) is 39.5 Å². The Labute approximate surface area is 133 Å². The summed E-state index contributed by atoms with van der Waals surface area (Å²) in [6.07, 6.45) is 5.58. The minimum Gasteiger partial charge on any atom is -0.462 e. The highest BCUT2D eigenvalue weighted by Gasteiger charge is 2.00. The van der Waals surface area contributed by atoms with E-state index in [1.165, 1.54) is 12.2 Å². The molecule has 22 heavy (non-hydrogen) atoms. The third kappa shape index (κ3) is 20.3. The van der Waals surface area contributed by atoms with E-state index in [-0.39, 0.29) is 13.2 Å². The molecular formula is C16H28N2O4. The number of hydrogen-bond acceptors (Lipinski definition) is 6. The fourth-order valence-corrected chi connectivity index (χ4v) is 1.00. The predicted molar refractivity (Wildman–Crippen MR) is 87.0 cm³/mol. The lowest BCUT2D eigenvalue weighted by Crippen LogP contribution is -2.08. The smallest absolute Gasteiger partial charge is 0.332 e. The molecule has 0 bridgehead atoms. The quantitative estimate of drug-likeness (QED) is 0.403. The molecule has 0 aliphatic rings.